The van der Waals surface area contributed by atoms with E-state index < -0.39 is 35.3 Å². The van der Waals surface area contributed by atoms with Crippen molar-refractivity contribution in [3.8, 4) is 0 Å². The smallest absolute Gasteiger partial charge is 0.436 e. The Morgan fingerprint density at radius 3 is 2.60 bits per heavy atom. The fourth-order valence-corrected chi connectivity index (χ4v) is 2.69. The summed E-state index contributed by atoms with van der Waals surface area (Å²) in [6.45, 7) is 2.86. The van der Waals surface area contributed by atoms with Crippen LogP contribution in [0, 0.1) is 0 Å². The molecule has 0 saturated heterocycles. The number of alkyl halides is 3. The van der Waals surface area contributed by atoms with Crippen LogP contribution in [0.2, 0.25) is 5.02 Å². The van der Waals surface area contributed by atoms with E-state index in [4.69, 9.17) is 16.3 Å². The molecule has 1 N–H and O–H groups in total. The number of nitrogens with zero attached hydrogens (tertiary/aromatic N) is 2. The van der Waals surface area contributed by atoms with Crippen molar-refractivity contribution in [1.82, 2.24) is 15.1 Å². The van der Waals surface area contributed by atoms with Gasteiger partial charge < -0.3 is 10.1 Å². The number of rotatable bonds is 6. The van der Waals surface area contributed by atoms with Gasteiger partial charge in [0.05, 0.1) is 17.3 Å². The highest BCUT2D eigenvalue weighted by Crippen LogP contribution is 2.46. The van der Waals surface area contributed by atoms with Crippen LogP contribution in [0.5, 0.6) is 0 Å². The van der Waals surface area contributed by atoms with Gasteiger partial charge in [0.1, 0.15) is 6.54 Å². The third-order valence-electron chi connectivity index (χ3n) is 3.42. The molecular weight excluding hydrogens is 363 g/mol. The first-order valence-corrected chi connectivity index (χ1v) is 7.99. The topological polar surface area (TPSA) is 73.2 Å². The number of amides is 1. The SMILES string of the molecule is CCOC(=O)/C=C(\C)NC(=O)Cn1nc(C(F)(F)F)c(Cl)c1C1CC1. The Kier molecular flexibility index (Phi) is 5.76. The maximum Gasteiger partial charge on any atom is 0.436 e. The van der Waals surface area contributed by atoms with Gasteiger partial charge in [-0.2, -0.15) is 18.3 Å². The molecule has 1 aromatic rings. The second kappa shape index (κ2) is 7.47. The van der Waals surface area contributed by atoms with Gasteiger partial charge in [-0.05, 0) is 26.7 Å². The molecule has 1 fully saturated rings. The van der Waals surface area contributed by atoms with E-state index in [1.165, 1.54) is 6.92 Å². The molecule has 1 aliphatic carbocycles. The van der Waals surface area contributed by atoms with E-state index >= 15 is 0 Å². The molecule has 6 nitrogen and oxygen atoms in total. The lowest BCUT2D eigenvalue weighted by atomic mass is 10.2. The van der Waals surface area contributed by atoms with Crippen molar-refractivity contribution in [3.05, 3.63) is 28.2 Å². The third-order valence-corrected chi connectivity index (χ3v) is 3.79. The van der Waals surface area contributed by atoms with Gasteiger partial charge in [-0.25, -0.2) is 4.79 Å². The average Bonchev–Trinajstić information content (AvgIpc) is 3.22. The Morgan fingerprint density at radius 2 is 2.08 bits per heavy atom. The lowest BCUT2D eigenvalue weighted by Gasteiger charge is -2.08. The van der Waals surface area contributed by atoms with Crippen LogP contribution in [-0.2, 0) is 27.0 Å². The predicted octanol–water partition coefficient (Wildman–Crippen LogP) is 3.02. The van der Waals surface area contributed by atoms with Crippen molar-refractivity contribution in [2.75, 3.05) is 6.61 Å². The van der Waals surface area contributed by atoms with Crippen LogP contribution in [0.4, 0.5) is 13.2 Å². The largest absolute Gasteiger partial charge is 0.463 e. The molecule has 0 unspecified atom stereocenters. The zero-order chi connectivity index (χ0) is 18.8. The summed E-state index contributed by atoms with van der Waals surface area (Å²) in [4.78, 5) is 23.3. The number of ether oxygens (including phenoxy) is 1. The summed E-state index contributed by atoms with van der Waals surface area (Å²) < 4.78 is 44.6. The van der Waals surface area contributed by atoms with Gasteiger partial charge in [-0.3, -0.25) is 9.48 Å². The molecule has 1 saturated carbocycles. The first-order chi connectivity index (χ1) is 11.6. The second-order valence-electron chi connectivity index (χ2n) is 5.61. The third kappa shape index (κ3) is 4.97. The summed E-state index contributed by atoms with van der Waals surface area (Å²) in [5.41, 5.74) is -0.760. The molecule has 0 aromatic carbocycles. The zero-order valence-corrected chi connectivity index (χ0v) is 14.4. The fourth-order valence-electron chi connectivity index (χ4n) is 2.29. The Morgan fingerprint density at radius 1 is 1.44 bits per heavy atom. The Labute approximate surface area is 147 Å². The van der Waals surface area contributed by atoms with Crippen LogP contribution in [0.3, 0.4) is 0 Å². The second-order valence-corrected chi connectivity index (χ2v) is 5.98. The maximum absolute atomic E-state index is 13.0. The number of carbonyl (C=O) groups excluding carboxylic acids is 2. The highest BCUT2D eigenvalue weighted by atomic mass is 35.5. The summed E-state index contributed by atoms with van der Waals surface area (Å²) in [6.07, 6.45) is -2.21. The van der Waals surface area contributed by atoms with Crippen molar-refractivity contribution in [2.24, 2.45) is 0 Å². The van der Waals surface area contributed by atoms with Gasteiger partial charge in [0.25, 0.3) is 0 Å². The normalized spacial score (nSPS) is 15.2. The summed E-state index contributed by atoms with van der Waals surface area (Å²) in [5.74, 6) is -1.37. The minimum atomic E-state index is -4.69. The highest BCUT2D eigenvalue weighted by Gasteiger charge is 2.42. The lowest BCUT2D eigenvalue weighted by molar-refractivity contribution is -0.141. The Hall–Kier alpha value is -2.03. The first kappa shape index (κ1) is 19.3. The van der Waals surface area contributed by atoms with Gasteiger partial charge in [0, 0.05) is 17.7 Å². The number of halogens is 4. The lowest BCUT2D eigenvalue weighted by Crippen LogP contribution is -2.28. The van der Waals surface area contributed by atoms with Gasteiger partial charge in [-0.15, -0.1) is 0 Å². The van der Waals surface area contributed by atoms with Crippen molar-refractivity contribution in [1.29, 1.82) is 0 Å². The van der Waals surface area contributed by atoms with Crippen LogP contribution >= 0.6 is 11.6 Å². The van der Waals surface area contributed by atoms with Gasteiger partial charge in [0.15, 0.2) is 5.69 Å². The minimum Gasteiger partial charge on any atom is -0.463 e. The molecule has 2 rings (SSSR count). The van der Waals surface area contributed by atoms with Gasteiger partial charge in [-0.1, -0.05) is 11.6 Å². The molecule has 1 aliphatic rings. The number of allylic oxidation sites excluding steroid dienone is 1. The summed E-state index contributed by atoms with van der Waals surface area (Å²) in [7, 11) is 0. The number of nitrogens with one attached hydrogen (secondary N) is 1. The Bertz CT molecular complexity index is 709. The quantitative estimate of drug-likeness (QED) is 0.609. The molecule has 25 heavy (non-hydrogen) atoms. The maximum atomic E-state index is 13.0. The van der Waals surface area contributed by atoms with Crippen molar-refractivity contribution < 1.29 is 27.5 Å². The van der Waals surface area contributed by atoms with Crippen molar-refractivity contribution >= 4 is 23.5 Å². The van der Waals surface area contributed by atoms with Gasteiger partial charge in [0.2, 0.25) is 5.91 Å². The molecule has 10 heteroatoms. The number of hydrogen-bond acceptors (Lipinski definition) is 4. The van der Waals surface area contributed by atoms with Crippen molar-refractivity contribution in [2.45, 2.75) is 45.3 Å². The molecule has 0 radical (unpaired) electrons. The van der Waals surface area contributed by atoms with Crippen LogP contribution < -0.4 is 5.32 Å². The van der Waals surface area contributed by atoms with Crippen LogP contribution in [-0.4, -0.2) is 28.3 Å². The molecule has 0 bridgehead atoms. The number of hydrogen-bond donors (Lipinski definition) is 1. The van der Waals surface area contributed by atoms with Crippen LogP contribution in [0.1, 0.15) is 44.0 Å². The summed E-state index contributed by atoms with van der Waals surface area (Å²) >= 11 is 5.83. The zero-order valence-electron chi connectivity index (χ0n) is 13.6. The highest BCUT2D eigenvalue weighted by molar-refractivity contribution is 6.32. The molecule has 0 atom stereocenters. The molecule has 138 valence electrons. The van der Waals surface area contributed by atoms with E-state index in [1.807, 2.05) is 0 Å². The van der Waals surface area contributed by atoms with E-state index in [9.17, 15) is 22.8 Å². The molecule has 0 aliphatic heterocycles. The van der Waals surface area contributed by atoms with E-state index in [0.29, 0.717) is 12.8 Å². The Balaban J connectivity index is 2.14. The average molecular weight is 380 g/mol. The first-order valence-electron chi connectivity index (χ1n) is 7.61. The molecular formula is C15H17ClF3N3O3. The van der Waals surface area contributed by atoms with Crippen LogP contribution in [0.25, 0.3) is 0 Å². The summed E-state index contributed by atoms with van der Waals surface area (Å²) in [5, 5.41) is 5.42. The number of aromatic nitrogens is 2. The number of carbonyl (C=O) groups is 2. The van der Waals surface area contributed by atoms with E-state index in [-0.39, 0.29) is 23.9 Å². The monoisotopic (exact) mass is 379 g/mol. The van der Waals surface area contributed by atoms with E-state index in [1.54, 1.807) is 6.92 Å². The predicted molar refractivity (Wildman–Crippen MR) is 82.7 cm³/mol. The van der Waals surface area contributed by atoms with E-state index in [2.05, 4.69) is 10.4 Å². The van der Waals surface area contributed by atoms with Crippen molar-refractivity contribution in [3.63, 3.8) is 0 Å². The molecule has 0 spiro atoms. The van der Waals surface area contributed by atoms with Gasteiger partial charge >= 0.3 is 12.1 Å². The van der Waals surface area contributed by atoms with E-state index in [0.717, 1.165) is 10.8 Å². The molecule has 1 aromatic heterocycles. The number of esters is 1. The standard InChI is InChI=1S/C15H17ClF3N3O3/c1-3-25-11(24)6-8(2)20-10(23)7-22-13(9-4-5-9)12(16)14(21-22)15(17,18)19/h6,9H,3-5,7H2,1-2H3,(H,20,23)/b8-6+. The minimum absolute atomic E-state index is 0.125. The molecule has 1 heterocycles. The van der Waals surface area contributed by atoms with Crippen LogP contribution in [0.15, 0.2) is 11.8 Å². The molecule has 1 amide bonds. The summed E-state index contributed by atoms with van der Waals surface area (Å²) in [6, 6.07) is 0. The fraction of sp³-hybridized carbons (Fsp3) is 0.533.